The second kappa shape index (κ2) is 11.7. The van der Waals surface area contributed by atoms with E-state index in [1.165, 1.54) is 24.1 Å². The molecule has 0 radical (unpaired) electrons. The molecule has 2 saturated heterocycles. The van der Waals surface area contributed by atoms with Crippen LogP contribution in [-0.2, 0) is 23.9 Å². The first-order chi connectivity index (χ1) is 18.7. The molecule has 2 aromatic rings. The third kappa shape index (κ3) is 5.86. The summed E-state index contributed by atoms with van der Waals surface area (Å²) < 4.78 is 50.2. The number of carboxylic acid groups (broad SMARTS) is 1. The number of nitrogens with one attached hydrogen (secondary N) is 1. The molecular formula is C28H30F4N2O6. The van der Waals surface area contributed by atoms with Crippen LogP contribution < -0.4 is 5.32 Å². The van der Waals surface area contributed by atoms with Crippen molar-refractivity contribution in [3.8, 4) is 11.1 Å². The molecule has 2 heterocycles. The maximum atomic E-state index is 13.3. The Kier molecular flexibility index (Phi) is 9.03. The van der Waals surface area contributed by atoms with Crippen molar-refractivity contribution in [1.29, 1.82) is 0 Å². The topological polar surface area (TPSA) is 113 Å². The number of hydrogen-bond donors (Lipinski definition) is 2. The van der Waals surface area contributed by atoms with Crippen molar-refractivity contribution < 1.29 is 46.6 Å². The summed E-state index contributed by atoms with van der Waals surface area (Å²) in [6.45, 7) is 5.98. The maximum absolute atomic E-state index is 13.3. The van der Waals surface area contributed by atoms with Gasteiger partial charge in [0.1, 0.15) is 11.4 Å². The Morgan fingerprint density at radius 1 is 1.02 bits per heavy atom. The van der Waals surface area contributed by atoms with E-state index in [-0.39, 0.29) is 30.1 Å². The number of likely N-dealkylation sites (tertiary alicyclic amines) is 1. The molecule has 216 valence electrons. The van der Waals surface area contributed by atoms with Gasteiger partial charge in [0, 0.05) is 12.6 Å². The Labute approximate surface area is 228 Å². The summed E-state index contributed by atoms with van der Waals surface area (Å²) in [4.78, 5) is 49.9. The van der Waals surface area contributed by atoms with E-state index in [1.54, 1.807) is 19.1 Å². The Hall–Kier alpha value is -3.80. The predicted octanol–water partition coefficient (Wildman–Crippen LogP) is 4.35. The molecule has 2 aliphatic rings. The van der Waals surface area contributed by atoms with Crippen LogP contribution in [0, 0.1) is 23.6 Å². The fraction of sp³-hybridized carbons (Fsp3) is 0.429. The molecule has 4 atom stereocenters. The van der Waals surface area contributed by atoms with Crippen molar-refractivity contribution in [2.45, 2.75) is 44.9 Å². The van der Waals surface area contributed by atoms with Gasteiger partial charge in [-0.2, -0.15) is 13.2 Å². The van der Waals surface area contributed by atoms with Crippen LogP contribution in [0.3, 0.4) is 0 Å². The summed E-state index contributed by atoms with van der Waals surface area (Å²) in [6.07, 6.45) is -4.71. The smallest absolute Gasteiger partial charge is 0.475 e. The van der Waals surface area contributed by atoms with Gasteiger partial charge in [-0.1, -0.05) is 50.2 Å². The normalized spacial score (nSPS) is 24.0. The van der Waals surface area contributed by atoms with Crippen LogP contribution in [0.1, 0.15) is 38.8 Å². The second-order valence-corrected chi connectivity index (χ2v) is 10.0. The molecule has 0 spiro atoms. The molecule has 0 aliphatic carbocycles. The van der Waals surface area contributed by atoms with Crippen LogP contribution in [0.25, 0.3) is 11.1 Å². The molecule has 2 fully saturated rings. The van der Waals surface area contributed by atoms with E-state index in [4.69, 9.17) is 14.6 Å². The van der Waals surface area contributed by atoms with Gasteiger partial charge in [0.25, 0.3) is 0 Å². The number of amides is 2. The number of carbonyl (C=O) groups is 4. The summed E-state index contributed by atoms with van der Waals surface area (Å²) >= 11 is 0. The number of carbonyl (C=O) groups excluding carboxylic acids is 3. The number of aliphatic carboxylic acids is 1. The number of ether oxygens (including phenoxy) is 1. The lowest BCUT2D eigenvalue weighted by Crippen LogP contribution is -2.57. The number of hydrogen-bond acceptors (Lipinski definition) is 6. The highest BCUT2D eigenvalue weighted by atomic mass is 19.4. The number of carboxylic acids is 1. The zero-order valence-electron chi connectivity index (χ0n) is 22.3. The van der Waals surface area contributed by atoms with Gasteiger partial charge in [-0.25, -0.2) is 9.18 Å². The second-order valence-electron chi connectivity index (χ2n) is 10.0. The predicted molar refractivity (Wildman–Crippen MR) is 135 cm³/mol. The van der Waals surface area contributed by atoms with E-state index < -0.39 is 41.5 Å². The molecule has 0 saturated carbocycles. The van der Waals surface area contributed by atoms with Crippen molar-refractivity contribution in [1.82, 2.24) is 10.2 Å². The third-order valence-corrected chi connectivity index (χ3v) is 7.03. The van der Waals surface area contributed by atoms with E-state index >= 15 is 0 Å². The van der Waals surface area contributed by atoms with Crippen molar-refractivity contribution in [2.75, 3.05) is 13.7 Å². The van der Waals surface area contributed by atoms with Crippen LogP contribution >= 0.6 is 0 Å². The van der Waals surface area contributed by atoms with Crippen molar-refractivity contribution in [3.63, 3.8) is 0 Å². The fourth-order valence-corrected chi connectivity index (χ4v) is 5.47. The molecule has 4 rings (SSSR count). The molecule has 2 N–H and O–H groups in total. The number of imide groups is 1. The quantitative estimate of drug-likeness (QED) is 0.304. The van der Waals surface area contributed by atoms with Gasteiger partial charge in [0.05, 0.1) is 18.9 Å². The van der Waals surface area contributed by atoms with Crippen LogP contribution in [0.4, 0.5) is 17.6 Å². The summed E-state index contributed by atoms with van der Waals surface area (Å²) in [5, 5.41) is 10.5. The average molecular weight is 567 g/mol. The number of alkyl halides is 3. The Morgan fingerprint density at radius 2 is 1.52 bits per heavy atom. The molecule has 0 aromatic heterocycles. The van der Waals surface area contributed by atoms with E-state index in [0.29, 0.717) is 6.42 Å². The number of fused-ring (bicyclic) bond motifs is 1. The van der Waals surface area contributed by atoms with Gasteiger partial charge in [-0.15, -0.1) is 0 Å². The molecular weight excluding hydrogens is 536 g/mol. The summed E-state index contributed by atoms with van der Waals surface area (Å²) in [5.74, 6) is -5.57. The first-order valence-corrected chi connectivity index (χ1v) is 12.5. The molecule has 40 heavy (non-hydrogen) atoms. The number of esters is 1. The fourth-order valence-electron chi connectivity index (χ4n) is 5.47. The van der Waals surface area contributed by atoms with E-state index in [9.17, 15) is 31.9 Å². The number of nitrogens with zero attached hydrogens (tertiary/aromatic N) is 1. The Morgan fingerprint density at radius 3 is 1.95 bits per heavy atom. The largest absolute Gasteiger partial charge is 0.490 e. The highest BCUT2D eigenvalue weighted by molar-refractivity contribution is 6.09. The SMILES string of the molecule is CCN1C(=O)[C@H]2[C@@H](c3ccc(-c4ccc(F)cc4)cc3)N[C@@](CC(C)C)(C(=O)OC)[C@H]2C1=O.O=C(O)C(F)(F)F. The third-order valence-electron chi connectivity index (χ3n) is 7.03. The zero-order valence-corrected chi connectivity index (χ0v) is 22.3. The molecule has 12 heteroatoms. The monoisotopic (exact) mass is 566 g/mol. The van der Waals surface area contributed by atoms with Crippen molar-refractivity contribution >= 4 is 23.8 Å². The standard InChI is InChI=1S/C26H29FN2O4.C2HF3O2/c1-5-29-23(30)20-21(24(29)31)26(14-15(2)3,25(32)33-4)28-22(20)18-8-6-16(7-9-18)17-10-12-19(27)13-11-17;3-2(4,5)1(6)7/h6-13,15,20-22,28H,5,14H2,1-4H3;(H,6,7)/t20-,21-,22-,26-;/m1./s1. The number of benzene rings is 2. The molecule has 2 aliphatic heterocycles. The Balaban J connectivity index is 0.000000559. The average Bonchev–Trinajstić information content (AvgIpc) is 3.36. The highest BCUT2D eigenvalue weighted by Gasteiger charge is 2.68. The Bertz CT molecular complexity index is 1260. The maximum Gasteiger partial charge on any atom is 0.490 e. The minimum atomic E-state index is -5.08. The zero-order chi connectivity index (χ0) is 30.0. The van der Waals surface area contributed by atoms with Crippen LogP contribution in [0.15, 0.2) is 48.5 Å². The lowest BCUT2D eigenvalue weighted by molar-refractivity contribution is -0.192. The van der Waals surface area contributed by atoms with Gasteiger partial charge < -0.3 is 9.84 Å². The first kappa shape index (κ1) is 30.7. The van der Waals surface area contributed by atoms with Gasteiger partial charge in [-0.05, 0) is 48.1 Å². The molecule has 2 amide bonds. The molecule has 0 bridgehead atoms. The summed E-state index contributed by atoms with van der Waals surface area (Å²) in [6, 6.07) is 13.3. The van der Waals surface area contributed by atoms with Gasteiger partial charge in [0.2, 0.25) is 11.8 Å². The van der Waals surface area contributed by atoms with Crippen molar-refractivity contribution in [2.24, 2.45) is 17.8 Å². The lowest BCUT2D eigenvalue weighted by Gasteiger charge is -2.33. The van der Waals surface area contributed by atoms with Crippen molar-refractivity contribution in [3.05, 3.63) is 59.9 Å². The minimum absolute atomic E-state index is 0.0930. The van der Waals surface area contributed by atoms with Gasteiger partial charge in [-0.3, -0.25) is 24.6 Å². The molecule has 8 nitrogen and oxygen atoms in total. The number of rotatable bonds is 6. The van der Waals surface area contributed by atoms with E-state index in [1.807, 2.05) is 38.1 Å². The minimum Gasteiger partial charge on any atom is -0.475 e. The lowest BCUT2D eigenvalue weighted by atomic mass is 9.75. The summed E-state index contributed by atoms with van der Waals surface area (Å²) in [7, 11) is 1.31. The van der Waals surface area contributed by atoms with Gasteiger partial charge in [0.15, 0.2) is 0 Å². The van der Waals surface area contributed by atoms with Gasteiger partial charge >= 0.3 is 18.1 Å². The first-order valence-electron chi connectivity index (χ1n) is 12.5. The molecule has 0 unspecified atom stereocenters. The summed E-state index contributed by atoms with van der Waals surface area (Å²) in [5.41, 5.74) is 1.31. The van der Waals surface area contributed by atoms with Crippen LogP contribution in [0.5, 0.6) is 0 Å². The van der Waals surface area contributed by atoms with Crippen LogP contribution in [0.2, 0.25) is 0 Å². The highest BCUT2D eigenvalue weighted by Crippen LogP contribution is 2.51. The van der Waals surface area contributed by atoms with E-state index in [0.717, 1.165) is 16.7 Å². The molecule has 2 aromatic carbocycles. The van der Waals surface area contributed by atoms with E-state index in [2.05, 4.69) is 5.32 Å². The number of methoxy groups -OCH3 is 1. The van der Waals surface area contributed by atoms with Crippen LogP contribution in [-0.4, -0.2) is 59.1 Å². The number of halogens is 4.